The van der Waals surface area contributed by atoms with Gasteiger partial charge in [-0.1, -0.05) is 29.8 Å². The lowest BCUT2D eigenvalue weighted by molar-refractivity contribution is 0.135. The van der Waals surface area contributed by atoms with Gasteiger partial charge in [-0.2, -0.15) is 9.40 Å². The maximum Gasteiger partial charge on any atom is 0.247 e. The van der Waals surface area contributed by atoms with E-state index in [1.54, 1.807) is 10.5 Å². The van der Waals surface area contributed by atoms with Crippen LogP contribution < -0.4 is 0 Å². The van der Waals surface area contributed by atoms with Crippen molar-refractivity contribution in [3.8, 4) is 11.6 Å². The third-order valence-corrected chi connectivity index (χ3v) is 7.23. The molecule has 2 aromatic heterocycles. The predicted octanol–water partition coefficient (Wildman–Crippen LogP) is 3.08. The molecule has 0 amide bonds. The van der Waals surface area contributed by atoms with Gasteiger partial charge in [-0.3, -0.25) is 4.68 Å². The van der Waals surface area contributed by atoms with Gasteiger partial charge in [0.25, 0.3) is 0 Å². The first-order chi connectivity index (χ1) is 14.9. The smallest absolute Gasteiger partial charge is 0.247 e. The predicted molar refractivity (Wildman–Crippen MR) is 117 cm³/mol. The number of benzene rings is 1. The van der Waals surface area contributed by atoms with Gasteiger partial charge in [0.2, 0.25) is 15.9 Å². The SMILES string of the molecule is CCOCCn1nc(-c2ncc(C)o2)c2c1CCN(S(=O)(=O)Cc1ccc(C)cc1)C2. The van der Waals surface area contributed by atoms with E-state index in [0.717, 1.165) is 22.4 Å². The Morgan fingerprint density at radius 2 is 1.97 bits per heavy atom. The molecular formula is C22H28N4O4S. The van der Waals surface area contributed by atoms with E-state index >= 15 is 0 Å². The van der Waals surface area contributed by atoms with Crippen LogP contribution in [-0.4, -0.2) is 47.2 Å². The van der Waals surface area contributed by atoms with Crippen LogP contribution in [0.4, 0.5) is 0 Å². The Bertz CT molecular complexity index is 1150. The number of oxazole rings is 1. The third kappa shape index (κ3) is 4.73. The Kier molecular flexibility index (Phi) is 6.27. The standard InChI is InChI=1S/C22H28N4O4S/c1-4-29-12-11-26-20-9-10-25(31(27,28)15-18-7-5-16(2)6-8-18)14-19(20)21(24-26)22-23-13-17(3)30-22/h5-8,13H,4,9-12,14-15H2,1-3H3. The molecule has 3 heterocycles. The van der Waals surface area contributed by atoms with Crippen LogP contribution in [0, 0.1) is 13.8 Å². The van der Waals surface area contributed by atoms with E-state index in [-0.39, 0.29) is 12.3 Å². The van der Waals surface area contributed by atoms with Crippen molar-refractivity contribution in [1.29, 1.82) is 0 Å². The topological polar surface area (TPSA) is 90.5 Å². The van der Waals surface area contributed by atoms with E-state index in [4.69, 9.17) is 14.3 Å². The Morgan fingerprint density at radius 3 is 2.65 bits per heavy atom. The second kappa shape index (κ2) is 8.94. The zero-order valence-corrected chi connectivity index (χ0v) is 19.0. The number of sulfonamides is 1. The molecule has 0 bridgehead atoms. The molecule has 0 radical (unpaired) electrons. The zero-order chi connectivity index (χ0) is 22.0. The number of aryl methyl sites for hydroxylation is 2. The summed E-state index contributed by atoms with van der Waals surface area (Å²) in [5.41, 5.74) is 4.38. The number of aromatic nitrogens is 3. The van der Waals surface area contributed by atoms with Gasteiger partial charge in [0.15, 0.2) is 5.69 Å². The van der Waals surface area contributed by atoms with Crippen LogP contribution in [0.15, 0.2) is 34.9 Å². The number of rotatable bonds is 8. The molecular weight excluding hydrogens is 416 g/mol. The fourth-order valence-electron chi connectivity index (χ4n) is 3.81. The summed E-state index contributed by atoms with van der Waals surface area (Å²) in [7, 11) is -3.48. The third-order valence-electron chi connectivity index (χ3n) is 5.44. The van der Waals surface area contributed by atoms with Crippen LogP contribution in [0.5, 0.6) is 0 Å². The summed E-state index contributed by atoms with van der Waals surface area (Å²) >= 11 is 0. The zero-order valence-electron chi connectivity index (χ0n) is 18.2. The van der Waals surface area contributed by atoms with Crippen molar-refractivity contribution >= 4 is 10.0 Å². The van der Waals surface area contributed by atoms with Crippen molar-refractivity contribution in [3.05, 3.63) is 58.6 Å². The maximum atomic E-state index is 13.2. The van der Waals surface area contributed by atoms with Gasteiger partial charge < -0.3 is 9.15 Å². The minimum absolute atomic E-state index is 0.0193. The minimum Gasteiger partial charge on any atom is -0.440 e. The first kappa shape index (κ1) is 21.7. The molecule has 166 valence electrons. The fourth-order valence-corrected chi connectivity index (χ4v) is 5.30. The number of fused-ring (bicyclic) bond motifs is 1. The van der Waals surface area contributed by atoms with Gasteiger partial charge in [-0.05, 0) is 26.3 Å². The van der Waals surface area contributed by atoms with Crippen LogP contribution in [0.25, 0.3) is 11.6 Å². The van der Waals surface area contributed by atoms with Crippen molar-refractivity contribution < 1.29 is 17.6 Å². The molecule has 31 heavy (non-hydrogen) atoms. The van der Waals surface area contributed by atoms with Gasteiger partial charge in [0.05, 0.1) is 25.1 Å². The molecule has 0 atom stereocenters. The maximum absolute atomic E-state index is 13.2. The molecule has 1 aliphatic heterocycles. The number of ether oxygens (including phenoxy) is 1. The van der Waals surface area contributed by atoms with E-state index in [2.05, 4.69) is 4.98 Å². The number of nitrogens with zero attached hydrogens (tertiary/aromatic N) is 4. The highest BCUT2D eigenvalue weighted by Crippen LogP contribution is 2.31. The Balaban J connectivity index is 1.62. The fraction of sp³-hybridized carbons (Fsp3) is 0.455. The van der Waals surface area contributed by atoms with Crippen molar-refractivity contribution in [2.24, 2.45) is 0 Å². The van der Waals surface area contributed by atoms with Crippen molar-refractivity contribution in [1.82, 2.24) is 19.1 Å². The Morgan fingerprint density at radius 1 is 1.19 bits per heavy atom. The molecule has 0 N–H and O–H groups in total. The quantitative estimate of drug-likeness (QED) is 0.496. The summed E-state index contributed by atoms with van der Waals surface area (Å²) in [6, 6.07) is 7.61. The Labute approximate surface area is 182 Å². The second-order valence-electron chi connectivity index (χ2n) is 7.80. The molecule has 0 saturated carbocycles. The van der Waals surface area contributed by atoms with Gasteiger partial charge in [0.1, 0.15) is 5.76 Å². The van der Waals surface area contributed by atoms with Gasteiger partial charge in [-0.15, -0.1) is 0 Å². The molecule has 0 aliphatic carbocycles. The summed E-state index contributed by atoms with van der Waals surface area (Å²) in [6.45, 7) is 8.24. The average Bonchev–Trinajstić information content (AvgIpc) is 3.33. The summed E-state index contributed by atoms with van der Waals surface area (Å²) in [6.07, 6.45) is 2.23. The lowest BCUT2D eigenvalue weighted by Crippen LogP contribution is -2.37. The molecule has 9 heteroatoms. The lowest BCUT2D eigenvalue weighted by Gasteiger charge is -2.27. The van der Waals surface area contributed by atoms with Crippen LogP contribution in [0.2, 0.25) is 0 Å². The minimum atomic E-state index is -3.48. The van der Waals surface area contributed by atoms with E-state index in [1.165, 1.54) is 0 Å². The first-order valence-corrected chi connectivity index (χ1v) is 12.1. The molecule has 0 fully saturated rings. The summed E-state index contributed by atoms with van der Waals surface area (Å²) in [4.78, 5) is 4.33. The van der Waals surface area contributed by atoms with Gasteiger partial charge >= 0.3 is 0 Å². The lowest BCUT2D eigenvalue weighted by atomic mass is 10.1. The van der Waals surface area contributed by atoms with Crippen molar-refractivity contribution in [2.75, 3.05) is 19.8 Å². The molecule has 0 spiro atoms. The monoisotopic (exact) mass is 444 g/mol. The molecule has 1 aromatic carbocycles. The van der Waals surface area contributed by atoms with Crippen molar-refractivity contribution in [3.63, 3.8) is 0 Å². The Hall–Kier alpha value is -2.49. The molecule has 1 aliphatic rings. The summed E-state index contributed by atoms with van der Waals surface area (Å²) in [5, 5.41) is 4.72. The van der Waals surface area contributed by atoms with Crippen LogP contribution >= 0.6 is 0 Å². The largest absolute Gasteiger partial charge is 0.440 e. The van der Waals surface area contributed by atoms with E-state index in [0.29, 0.717) is 50.1 Å². The van der Waals surface area contributed by atoms with Crippen LogP contribution in [0.3, 0.4) is 0 Å². The van der Waals surface area contributed by atoms with Crippen LogP contribution in [-0.2, 0) is 40.0 Å². The highest BCUT2D eigenvalue weighted by Gasteiger charge is 2.33. The van der Waals surface area contributed by atoms with E-state index in [9.17, 15) is 8.42 Å². The molecule has 0 saturated heterocycles. The van der Waals surface area contributed by atoms with E-state index < -0.39 is 10.0 Å². The van der Waals surface area contributed by atoms with Crippen LogP contribution in [0.1, 0.15) is 35.1 Å². The molecule has 8 nitrogen and oxygen atoms in total. The van der Waals surface area contributed by atoms with Gasteiger partial charge in [-0.25, -0.2) is 13.4 Å². The normalized spacial score (nSPS) is 14.7. The molecule has 4 rings (SSSR count). The van der Waals surface area contributed by atoms with Crippen molar-refractivity contribution in [2.45, 2.75) is 46.0 Å². The van der Waals surface area contributed by atoms with E-state index in [1.807, 2.05) is 49.7 Å². The van der Waals surface area contributed by atoms with Gasteiger partial charge in [0, 0.05) is 37.4 Å². The summed E-state index contributed by atoms with van der Waals surface area (Å²) < 4.78 is 41.0. The summed E-state index contributed by atoms with van der Waals surface area (Å²) in [5.74, 6) is 1.09. The first-order valence-electron chi connectivity index (χ1n) is 10.5. The average molecular weight is 445 g/mol. The highest BCUT2D eigenvalue weighted by atomic mass is 32.2. The highest BCUT2D eigenvalue weighted by molar-refractivity contribution is 7.88. The number of hydrogen-bond donors (Lipinski definition) is 0. The number of hydrogen-bond acceptors (Lipinski definition) is 6. The molecule has 3 aromatic rings. The second-order valence-corrected chi connectivity index (χ2v) is 9.76. The molecule has 0 unspecified atom stereocenters.